The van der Waals surface area contributed by atoms with E-state index in [-0.39, 0.29) is 5.56 Å². The average molecular weight is 332 g/mol. The Morgan fingerprint density at radius 1 is 1.35 bits per heavy atom. The first-order valence-electron chi connectivity index (χ1n) is 7.47. The van der Waals surface area contributed by atoms with Gasteiger partial charge in [0.25, 0.3) is 11.8 Å². The van der Waals surface area contributed by atoms with Crippen molar-refractivity contribution in [2.45, 2.75) is 26.2 Å². The fourth-order valence-electron chi connectivity index (χ4n) is 2.92. The highest BCUT2D eigenvalue weighted by molar-refractivity contribution is 7.17. The minimum atomic E-state index is -0.597. The molecule has 3 N–H and O–H groups in total. The molecule has 2 aromatic rings. The highest BCUT2D eigenvalue weighted by atomic mass is 32.1. The van der Waals surface area contributed by atoms with Crippen LogP contribution in [0.1, 0.15) is 44.5 Å². The summed E-state index contributed by atoms with van der Waals surface area (Å²) in [5.74, 6) is -1.18. The van der Waals surface area contributed by atoms with Crippen LogP contribution < -0.4 is 11.1 Å². The van der Waals surface area contributed by atoms with E-state index in [1.54, 1.807) is 6.07 Å². The molecule has 1 heterocycles. The van der Waals surface area contributed by atoms with Crippen molar-refractivity contribution in [2.75, 3.05) is 5.32 Å². The number of nitrogens with one attached hydrogen (secondary N) is 1. The number of thiophene rings is 1. The normalized spacial score (nSPS) is 16.7. The monoisotopic (exact) mass is 332 g/mol. The van der Waals surface area contributed by atoms with Gasteiger partial charge in [-0.05, 0) is 42.9 Å². The summed E-state index contributed by atoms with van der Waals surface area (Å²) in [4.78, 5) is 25.2. The topological polar surface area (TPSA) is 72.2 Å². The molecular formula is C17H17FN2O2S. The molecule has 0 bridgehead atoms. The number of amides is 2. The summed E-state index contributed by atoms with van der Waals surface area (Å²) in [7, 11) is 0. The summed E-state index contributed by atoms with van der Waals surface area (Å²) in [6, 6.07) is 5.75. The maximum atomic E-state index is 13.7. The Morgan fingerprint density at radius 2 is 2.09 bits per heavy atom. The van der Waals surface area contributed by atoms with Gasteiger partial charge in [-0.2, -0.15) is 0 Å². The van der Waals surface area contributed by atoms with E-state index in [9.17, 15) is 14.0 Å². The molecule has 1 atom stereocenters. The van der Waals surface area contributed by atoms with E-state index in [4.69, 9.17) is 5.73 Å². The van der Waals surface area contributed by atoms with Crippen LogP contribution in [-0.4, -0.2) is 11.8 Å². The van der Waals surface area contributed by atoms with Crippen LogP contribution in [0.25, 0.3) is 0 Å². The lowest BCUT2D eigenvalue weighted by atomic mass is 9.88. The minimum Gasteiger partial charge on any atom is -0.365 e. The van der Waals surface area contributed by atoms with E-state index in [0.29, 0.717) is 16.5 Å². The van der Waals surface area contributed by atoms with E-state index < -0.39 is 17.6 Å². The van der Waals surface area contributed by atoms with Gasteiger partial charge in [-0.1, -0.05) is 19.1 Å². The Labute approximate surface area is 137 Å². The molecule has 23 heavy (non-hydrogen) atoms. The number of carbonyl (C=O) groups excluding carboxylic acids is 2. The summed E-state index contributed by atoms with van der Waals surface area (Å²) in [6.07, 6.45) is 2.64. The van der Waals surface area contributed by atoms with E-state index in [0.717, 1.165) is 29.7 Å². The third-order valence-electron chi connectivity index (χ3n) is 4.10. The first-order valence-corrected chi connectivity index (χ1v) is 8.29. The van der Waals surface area contributed by atoms with Crippen LogP contribution in [0.2, 0.25) is 0 Å². The molecule has 1 aliphatic rings. The lowest BCUT2D eigenvalue weighted by molar-refractivity contribution is 0.1000. The Balaban J connectivity index is 1.96. The molecule has 1 aliphatic carbocycles. The number of nitrogens with two attached hydrogens (primary N) is 1. The van der Waals surface area contributed by atoms with Gasteiger partial charge in [0, 0.05) is 4.88 Å². The molecule has 0 fully saturated rings. The molecular weight excluding hydrogens is 315 g/mol. The van der Waals surface area contributed by atoms with Crippen molar-refractivity contribution >= 4 is 28.2 Å². The Morgan fingerprint density at radius 3 is 2.78 bits per heavy atom. The fraction of sp³-hybridized carbons (Fsp3) is 0.294. The van der Waals surface area contributed by atoms with Crippen LogP contribution in [-0.2, 0) is 12.8 Å². The smallest absolute Gasteiger partial charge is 0.259 e. The number of anilines is 1. The van der Waals surface area contributed by atoms with Gasteiger partial charge in [0.15, 0.2) is 0 Å². The number of hydrogen-bond acceptors (Lipinski definition) is 3. The van der Waals surface area contributed by atoms with E-state index in [1.807, 2.05) is 0 Å². The quantitative estimate of drug-likeness (QED) is 0.904. The first kappa shape index (κ1) is 15.7. The lowest BCUT2D eigenvalue weighted by Gasteiger charge is -2.18. The second kappa shape index (κ2) is 6.12. The lowest BCUT2D eigenvalue weighted by Crippen LogP contribution is -2.19. The van der Waals surface area contributed by atoms with Gasteiger partial charge in [-0.3, -0.25) is 9.59 Å². The predicted octanol–water partition coefficient (Wildman–Crippen LogP) is 3.36. The second-order valence-electron chi connectivity index (χ2n) is 5.85. The van der Waals surface area contributed by atoms with Crippen molar-refractivity contribution in [3.8, 4) is 0 Å². The molecule has 1 aromatic carbocycles. The van der Waals surface area contributed by atoms with Crippen LogP contribution in [0.3, 0.4) is 0 Å². The summed E-state index contributed by atoms with van der Waals surface area (Å²) in [5, 5.41) is 3.08. The Bertz CT molecular complexity index is 785. The Hall–Kier alpha value is -2.21. The van der Waals surface area contributed by atoms with Crippen LogP contribution >= 0.6 is 11.3 Å². The van der Waals surface area contributed by atoms with Crippen LogP contribution in [0.4, 0.5) is 9.39 Å². The van der Waals surface area contributed by atoms with Crippen molar-refractivity contribution in [1.82, 2.24) is 0 Å². The van der Waals surface area contributed by atoms with Crippen molar-refractivity contribution in [3.63, 3.8) is 0 Å². The van der Waals surface area contributed by atoms with Crippen molar-refractivity contribution in [1.29, 1.82) is 0 Å². The first-order chi connectivity index (χ1) is 11.0. The number of hydrogen-bond donors (Lipinski definition) is 2. The zero-order valence-electron chi connectivity index (χ0n) is 12.7. The Kier molecular flexibility index (Phi) is 4.17. The number of carbonyl (C=O) groups is 2. The molecule has 0 radical (unpaired) electrons. The molecule has 4 nitrogen and oxygen atoms in total. The standard InChI is InChI=1S/C17H17FN2O2S/c1-9-6-7-11-13(8-9)23-17(14(11)15(19)21)20-16(22)10-4-2-3-5-12(10)18/h2-5,9H,6-8H2,1H3,(H2,19,21)(H,20,22). The minimum absolute atomic E-state index is 0.0531. The molecule has 0 saturated carbocycles. The van der Waals surface area contributed by atoms with Crippen molar-refractivity contribution in [3.05, 3.63) is 51.7 Å². The largest absolute Gasteiger partial charge is 0.365 e. The van der Waals surface area contributed by atoms with E-state index >= 15 is 0 Å². The highest BCUT2D eigenvalue weighted by Gasteiger charge is 2.27. The molecule has 1 unspecified atom stereocenters. The number of rotatable bonds is 3. The molecule has 2 amide bonds. The molecule has 0 spiro atoms. The van der Waals surface area contributed by atoms with Gasteiger partial charge in [-0.25, -0.2) is 4.39 Å². The summed E-state index contributed by atoms with van der Waals surface area (Å²) in [5.41, 5.74) is 6.76. The average Bonchev–Trinajstić information content (AvgIpc) is 2.84. The van der Waals surface area contributed by atoms with Crippen molar-refractivity contribution < 1.29 is 14.0 Å². The number of primary amides is 1. The maximum Gasteiger partial charge on any atom is 0.259 e. The second-order valence-corrected chi connectivity index (χ2v) is 6.96. The van der Waals surface area contributed by atoms with Gasteiger partial charge in [0.1, 0.15) is 10.8 Å². The number of fused-ring (bicyclic) bond motifs is 1. The third kappa shape index (κ3) is 2.99. The molecule has 0 saturated heterocycles. The molecule has 3 rings (SSSR count). The van der Waals surface area contributed by atoms with E-state index in [2.05, 4.69) is 12.2 Å². The number of benzene rings is 1. The predicted molar refractivity (Wildman–Crippen MR) is 88.4 cm³/mol. The maximum absolute atomic E-state index is 13.7. The van der Waals surface area contributed by atoms with Crippen LogP contribution in [0, 0.1) is 11.7 Å². The van der Waals surface area contributed by atoms with Gasteiger partial charge in [-0.15, -0.1) is 11.3 Å². The number of halogens is 1. The summed E-state index contributed by atoms with van der Waals surface area (Å²) in [6.45, 7) is 2.16. The molecule has 1 aromatic heterocycles. The van der Waals surface area contributed by atoms with Gasteiger partial charge < -0.3 is 11.1 Å². The molecule has 6 heteroatoms. The molecule has 0 aliphatic heterocycles. The van der Waals surface area contributed by atoms with E-state index in [1.165, 1.54) is 29.5 Å². The van der Waals surface area contributed by atoms with Gasteiger partial charge in [0.05, 0.1) is 11.1 Å². The van der Waals surface area contributed by atoms with Gasteiger partial charge in [0.2, 0.25) is 0 Å². The van der Waals surface area contributed by atoms with Crippen LogP contribution in [0.5, 0.6) is 0 Å². The van der Waals surface area contributed by atoms with Crippen LogP contribution in [0.15, 0.2) is 24.3 Å². The zero-order chi connectivity index (χ0) is 16.6. The highest BCUT2D eigenvalue weighted by Crippen LogP contribution is 2.39. The van der Waals surface area contributed by atoms with Gasteiger partial charge >= 0.3 is 0 Å². The zero-order valence-corrected chi connectivity index (χ0v) is 13.5. The third-order valence-corrected chi connectivity index (χ3v) is 5.27. The summed E-state index contributed by atoms with van der Waals surface area (Å²) >= 11 is 1.37. The summed E-state index contributed by atoms with van der Waals surface area (Å²) < 4.78 is 13.7. The molecule has 120 valence electrons. The SMILES string of the molecule is CC1CCc2c(sc(NC(=O)c3ccccc3F)c2C(N)=O)C1. The fourth-order valence-corrected chi connectivity index (χ4v) is 4.33. The van der Waals surface area contributed by atoms with Crippen molar-refractivity contribution in [2.24, 2.45) is 11.7 Å².